The van der Waals surface area contributed by atoms with E-state index in [9.17, 15) is 9.90 Å². The molecule has 1 N–H and O–H groups in total. The number of aliphatic hydroxyl groups excluding tert-OH is 1. The Morgan fingerprint density at radius 1 is 1.07 bits per heavy atom. The van der Waals surface area contributed by atoms with E-state index in [1.54, 1.807) is 18.1 Å². The fourth-order valence-electron chi connectivity index (χ4n) is 5.82. The van der Waals surface area contributed by atoms with E-state index in [0.29, 0.717) is 24.3 Å². The van der Waals surface area contributed by atoms with E-state index in [2.05, 4.69) is 32.6 Å². The van der Waals surface area contributed by atoms with Crippen molar-refractivity contribution in [2.45, 2.75) is 57.1 Å². The van der Waals surface area contributed by atoms with Crippen LogP contribution in [0.3, 0.4) is 0 Å². The Balaban J connectivity index is 1.81. The SMILES string of the molecule is CON1C(C)(C)C(N2CCOCC2)C(N2C(=O)c3ccccc3C2O)C1(C)C. The first kappa shape index (κ1) is 19.8. The Morgan fingerprint density at radius 2 is 1.68 bits per heavy atom. The van der Waals surface area contributed by atoms with E-state index in [-0.39, 0.29) is 23.5 Å². The van der Waals surface area contributed by atoms with Crippen LogP contribution >= 0.6 is 0 Å². The molecule has 1 amide bonds. The number of hydroxylamine groups is 2. The van der Waals surface area contributed by atoms with Gasteiger partial charge in [-0.25, -0.2) is 0 Å². The van der Waals surface area contributed by atoms with Crippen molar-refractivity contribution >= 4 is 5.91 Å². The van der Waals surface area contributed by atoms with E-state index in [4.69, 9.17) is 9.57 Å². The average molecular weight is 389 g/mol. The first-order chi connectivity index (χ1) is 13.2. The van der Waals surface area contributed by atoms with Crippen LogP contribution in [-0.2, 0) is 9.57 Å². The average Bonchev–Trinajstić information content (AvgIpc) is 2.99. The number of fused-ring (bicyclic) bond motifs is 1. The number of aliphatic hydroxyl groups is 1. The molecule has 0 radical (unpaired) electrons. The van der Waals surface area contributed by atoms with Crippen LogP contribution in [0.1, 0.15) is 49.8 Å². The van der Waals surface area contributed by atoms with Crippen LogP contribution in [0.15, 0.2) is 24.3 Å². The molecule has 4 rings (SSSR count). The first-order valence-electron chi connectivity index (χ1n) is 9.99. The second-order valence-electron chi connectivity index (χ2n) is 9.00. The number of hydrogen-bond acceptors (Lipinski definition) is 6. The third kappa shape index (κ3) is 2.64. The molecule has 0 saturated carbocycles. The zero-order chi connectivity index (χ0) is 20.3. The summed E-state index contributed by atoms with van der Waals surface area (Å²) in [6, 6.07) is 7.07. The van der Waals surface area contributed by atoms with Crippen LogP contribution in [-0.4, -0.2) is 82.5 Å². The molecule has 3 atom stereocenters. The zero-order valence-electron chi connectivity index (χ0n) is 17.4. The van der Waals surface area contributed by atoms with Gasteiger partial charge in [0.2, 0.25) is 0 Å². The molecule has 7 nitrogen and oxygen atoms in total. The van der Waals surface area contributed by atoms with Gasteiger partial charge in [0.05, 0.1) is 43.5 Å². The summed E-state index contributed by atoms with van der Waals surface area (Å²) >= 11 is 0. The van der Waals surface area contributed by atoms with Crippen LogP contribution in [0.5, 0.6) is 0 Å². The monoisotopic (exact) mass is 389 g/mol. The number of carbonyl (C=O) groups excluding carboxylic acids is 1. The van der Waals surface area contributed by atoms with Gasteiger partial charge in [0.15, 0.2) is 6.23 Å². The standard InChI is InChI=1S/C21H31N3O4/c1-20(2)16(22-10-12-28-13-11-22)17(21(3,4)24(20)27-5)23-18(25)14-8-6-7-9-15(14)19(23)26/h6-9,16-18,25H,10-13H2,1-5H3. The molecule has 0 spiro atoms. The van der Waals surface area contributed by atoms with Crippen molar-refractivity contribution in [3.8, 4) is 0 Å². The molecule has 1 aromatic carbocycles. The van der Waals surface area contributed by atoms with E-state index in [0.717, 1.165) is 13.1 Å². The van der Waals surface area contributed by atoms with Gasteiger partial charge in [0.1, 0.15) is 0 Å². The molecule has 3 unspecified atom stereocenters. The van der Waals surface area contributed by atoms with Crippen LogP contribution < -0.4 is 0 Å². The molecule has 0 bridgehead atoms. The third-order valence-electron chi connectivity index (χ3n) is 6.68. The summed E-state index contributed by atoms with van der Waals surface area (Å²) in [5, 5.41) is 13.1. The minimum Gasteiger partial charge on any atom is -0.379 e. The number of carbonyl (C=O) groups is 1. The Labute approximate surface area is 166 Å². The van der Waals surface area contributed by atoms with Gasteiger partial charge < -0.3 is 19.6 Å². The van der Waals surface area contributed by atoms with E-state index >= 15 is 0 Å². The van der Waals surface area contributed by atoms with Crippen LogP contribution in [0.2, 0.25) is 0 Å². The van der Waals surface area contributed by atoms with Crippen molar-refractivity contribution in [1.29, 1.82) is 0 Å². The second kappa shape index (κ2) is 6.78. The number of benzene rings is 1. The van der Waals surface area contributed by atoms with Gasteiger partial charge in [0.25, 0.3) is 5.91 Å². The molecule has 2 fully saturated rings. The Hall–Kier alpha value is -1.51. The number of morpholine rings is 1. The minimum absolute atomic E-state index is 0.0146. The maximum atomic E-state index is 13.4. The molecular weight excluding hydrogens is 358 g/mol. The lowest BCUT2D eigenvalue weighted by atomic mass is 9.86. The molecular formula is C21H31N3O4. The van der Waals surface area contributed by atoms with Gasteiger partial charge in [-0.1, -0.05) is 18.2 Å². The molecule has 1 aromatic rings. The van der Waals surface area contributed by atoms with Crippen molar-refractivity contribution in [2.75, 3.05) is 33.4 Å². The van der Waals surface area contributed by atoms with E-state index < -0.39 is 11.8 Å². The largest absolute Gasteiger partial charge is 0.379 e. The fourth-order valence-corrected chi connectivity index (χ4v) is 5.82. The first-order valence-corrected chi connectivity index (χ1v) is 9.99. The lowest BCUT2D eigenvalue weighted by Crippen LogP contribution is -2.62. The van der Waals surface area contributed by atoms with Gasteiger partial charge >= 0.3 is 0 Å². The van der Waals surface area contributed by atoms with Crippen molar-refractivity contribution in [3.05, 3.63) is 35.4 Å². The summed E-state index contributed by atoms with van der Waals surface area (Å²) in [7, 11) is 1.68. The topological polar surface area (TPSA) is 65.5 Å². The molecule has 3 aliphatic rings. The van der Waals surface area contributed by atoms with Gasteiger partial charge in [-0.3, -0.25) is 9.69 Å². The van der Waals surface area contributed by atoms with Crippen molar-refractivity contribution in [3.63, 3.8) is 0 Å². The van der Waals surface area contributed by atoms with Gasteiger partial charge in [-0.05, 0) is 33.8 Å². The van der Waals surface area contributed by atoms with E-state index in [1.807, 2.05) is 23.3 Å². The van der Waals surface area contributed by atoms with Crippen LogP contribution in [0.4, 0.5) is 0 Å². The number of nitrogens with zero attached hydrogens (tertiary/aromatic N) is 3. The van der Waals surface area contributed by atoms with Gasteiger partial charge in [-0.2, -0.15) is 5.06 Å². The van der Waals surface area contributed by atoms with Crippen LogP contribution in [0.25, 0.3) is 0 Å². The second-order valence-corrected chi connectivity index (χ2v) is 9.00. The Kier molecular flexibility index (Phi) is 4.79. The highest BCUT2D eigenvalue weighted by molar-refractivity contribution is 5.99. The third-order valence-corrected chi connectivity index (χ3v) is 6.68. The molecule has 0 aromatic heterocycles. The predicted molar refractivity (Wildman–Crippen MR) is 105 cm³/mol. The molecule has 2 saturated heterocycles. The quantitative estimate of drug-likeness (QED) is 0.848. The highest BCUT2D eigenvalue weighted by Crippen LogP contribution is 2.49. The van der Waals surface area contributed by atoms with Crippen molar-refractivity contribution < 1.29 is 19.5 Å². The Bertz CT molecular complexity index is 760. The minimum atomic E-state index is -0.955. The summed E-state index contributed by atoms with van der Waals surface area (Å²) in [5.41, 5.74) is 0.396. The fraction of sp³-hybridized carbons (Fsp3) is 0.667. The van der Waals surface area contributed by atoms with Crippen molar-refractivity contribution in [1.82, 2.24) is 14.9 Å². The lowest BCUT2D eigenvalue weighted by molar-refractivity contribution is -0.229. The number of ether oxygens (including phenoxy) is 1. The summed E-state index contributed by atoms with van der Waals surface area (Å²) in [6.07, 6.45) is -0.955. The number of rotatable bonds is 3. The number of amides is 1. The normalized spacial score (nSPS) is 32.7. The summed E-state index contributed by atoms with van der Waals surface area (Å²) < 4.78 is 5.57. The molecule has 3 aliphatic heterocycles. The van der Waals surface area contributed by atoms with Crippen molar-refractivity contribution in [2.24, 2.45) is 0 Å². The number of hydrogen-bond donors (Lipinski definition) is 1. The Morgan fingerprint density at radius 3 is 2.29 bits per heavy atom. The lowest BCUT2D eigenvalue weighted by Gasteiger charge is -2.45. The summed E-state index contributed by atoms with van der Waals surface area (Å²) in [5.74, 6) is -0.117. The van der Waals surface area contributed by atoms with E-state index in [1.165, 1.54) is 0 Å². The predicted octanol–water partition coefficient (Wildman–Crippen LogP) is 1.64. The highest BCUT2D eigenvalue weighted by Gasteiger charge is 2.65. The highest BCUT2D eigenvalue weighted by atomic mass is 16.7. The molecule has 3 heterocycles. The maximum Gasteiger partial charge on any atom is 0.256 e. The molecule has 28 heavy (non-hydrogen) atoms. The summed E-state index contributed by atoms with van der Waals surface area (Å²) in [4.78, 5) is 23.3. The van der Waals surface area contributed by atoms with Gasteiger partial charge in [-0.15, -0.1) is 0 Å². The molecule has 0 aliphatic carbocycles. The maximum absolute atomic E-state index is 13.4. The zero-order valence-corrected chi connectivity index (χ0v) is 17.4. The smallest absolute Gasteiger partial charge is 0.256 e. The molecule has 7 heteroatoms. The molecule has 154 valence electrons. The summed E-state index contributed by atoms with van der Waals surface area (Å²) in [6.45, 7) is 11.4. The van der Waals surface area contributed by atoms with Gasteiger partial charge in [0, 0.05) is 24.2 Å². The van der Waals surface area contributed by atoms with Crippen LogP contribution in [0, 0.1) is 0 Å².